The van der Waals surface area contributed by atoms with Crippen molar-refractivity contribution >= 4 is 11.0 Å². The number of fused-ring (bicyclic) bond motifs is 1. The monoisotopic (exact) mass is 263 g/mol. The van der Waals surface area contributed by atoms with Crippen LogP contribution < -0.4 is 5.73 Å². The van der Waals surface area contributed by atoms with Gasteiger partial charge in [0.05, 0.1) is 11.6 Å². The van der Waals surface area contributed by atoms with E-state index in [0.29, 0.717) is 24.5 Å². The fourth-order valence-corrected chi connectivity index (χ4v) is 2.48. The number of nitrogens with two attached hydrogens (primary N) is 1. The first-order chi connectivity index (χ1) is 9.24. The zero-order chi connectivity index (χ0) is 13.4. The molecule has 0 bridgehead atoms. The molecule has 1 fully saturated rings. The molecule has 2 aromatic rings. The molecule has 1 atom stereocenters. The summed E-state index contributed by atoms with van der Waals surface area (Å²) in [6.07, 6.45) is 2.82. The summed E-state index contributed by atoms with van der Waals surface area (Å²) in [5.74, 6) is 0.611. The molecule has 5 heteroatoms. The van der Waals surface area contributed by atoms with Gasteiger partial charge in [0.25, 0.3) is 0 Å². The SMILES string of the molecule is COC(CN)Cc1nc2c(F)cccc2n1C1CC1. The van der Waals surface area contributed by atoms with Crippen LogP contribution in [0.5, 0.6) is 0 Å². The van der Waals surface area contributed by atoms with E-state index in [9.17, 15) is 4.39 Å². The van der Waals surface area contributed by atoms with Crippen LogP contribution in [0.15, 0.2) is 18.2 Å². The molecule has 4 nitrogen and oxygen atoms in total. The van der Waals surface area contributed by atoms with Gasteiger partial charge in [0.15, 0.2) is 5.82 Å². The highest BCUT2D eigenvalue weighted by Gasteiger charge is 2.29. The van der Waals surface area contributed by atoms with Gasteiger partial charge in [-0.25, -0.2) is 9.37 Å². The van der Waals surface area contributed by atoms with Crippen LogP contribution in [-0.2, 0) is 11.2 Å². The molecular weight excluding hydrogens is 245 g/mol. The Morgan fingerprint density at radius 2 is 2.32 bits per heavy atom. The van der Waals surface area contributed by atoms with E-state index in [0.717, 1.165) is 24.2 Å². The van der Waals surface area contributed by atoms with Crippen molar-refractivity contribution in [2.75, 3.05) is 13.7 Å². The smallest absolute Gasteiger partial charge is 0.151 e. The fourth-order valence-electron chi connectivity index (χ4n) is 2.48. The second kappa shape index (κ2) is 4.90. The summed E-state index contributed by atoms with van der Waals surface area (Å²) in [5, 5.41) is 0. The Morgan fingerprint density at radius 3 is 2.95 bits per heavy atom. The van der Waals surface area contributed by atoms with Crippen LogP contribution in [-0.4, -0.2) is 29.3 Å². The molecule has 0 aliphatic heterocycles. The Kier molecular flexibility index (Phi) is 3.24. The van der Waals surface area contributed by atoms with Gasteiger partial charge in [-0.3, -0.25) is 0 Å². The van der Waals surface area contributed by atoms with E-state index < -0.39 is 0 Å². The maximum Gasteiger partial charge on any atom is 0.151 e. The van der Waals surface area contributed by atoms with Crippen molar-refractivity contribution in [2.24, 2.45) is 5.73 Å². The van der Waals surface area contributed by atoms with Gasteiger partial charge < -0.3 is 15.0 Å². The van der Waals surface area contributed by atoms with Gasteiger partial charge in [0, 0.05) is 26.1 Å². The summed E-state index contributed by atoms with van der Waals surface area (Å²) in [7, 11) is 1.64. The molecule has 1 aromatic carbocycles. The van der Waals surface area contributed by atoms with Crippen molar-refractivity contribution in [1.82, 2.24) is 9.55 Å². The standard InChI is InChI=1S/C14H18FN3O/c1-19-10(8-16)7-13-17-14-11(15)3-2-4-12(14)18(13)9-5-6-9/h2-4,9-10H,5-8,16H2,1H3. The first kappa shape index (κ1) is 12.6. The number of nitrogens with zero attached hydrogens (tertiary/aromatic N) is 2. The van der Waals surface area contributed by atoms with Crippen LogP contribution in [0.1, 0.15) is 24.7 Å². The van der Waals surface area contributed by atoms with E-state index in [1.165, 1.54) is 6.07 Å². The molecule has 1 aromatic heterocycles. The summed E-state index contributed by atoms with van der Waals surface area (Å²) in [6.45, 7) is 0.437. The molecule has 1 unspecified atom stereocenters. The van der Waals surface area contributed by atoms with Gasteiger partial charge in [-0.05, 0) is 25.0 Å². The molecule has 1 aliphatic rings. The third-order valence-corrected chi connectivity index (χ3v) is 3.66. The first-order valence-electron chi connectivity index (χ1n) is 6.62. The van der Waals surface area contributed by atoms with E-state index in [2.05, 4.69) is 9.55 Å². The van der Waals surface area contributed by atoms with E-state index in [1.807, 2.05) is 6.07 Å². The van der Waals surface area contributed by atoms with Crippen LogP contribution in [0, 0.1) is 5.82 Å². The number of ether oxygens (including phenoxy) is 1. The van der Waals surface area contributed by atoms with Crippen LogP contribution in [0.4, 0.5) is 4.39 Å². The third kappa shape index (κ3) is 2.24. The minimum Gasteiger partial charge on any atom is -0.380 e. The molecule has 0 spiro atoms. The maximum absolute atomic E-state index is 13.8. The quantitative estimate of drug-likeness (QED) is 0.898. The van der Waals surface area contributed by atoms with Crippen molar-refractivity contribution in [2.45, 2.75) is 31.4 Å². The summed E-state index contributed by atoms with van der Waals surface area (Å²) in [4.78, 5) is 4.46. The summed E-state index contributed by atoms with van der Waals surface area (Å²) in [5.41, 5.74) is 6.99. The summed E-state index contributed by atoms with van der Waals surface area (Å²) in [6, 6.07) is 5.57. The number of rotatable bonds is 5. The number of hydrogen-bond donors (Lipinski definition) is 1. The summed E-state index contributed by atoms with van der Waals surface area (Å²) >= 11 is 0. The lowest BCUT2D eigenvalue weighted by atomic mass is 10.2. The highest BCUT2D eigenvalue weighted by molar-refractivity contribution is 5.77. The number of halogens is 1. The van der Waals surface area contributed by atoms with Gasteiger partial charge in [-0.2, -0.15) is 0 Å². The number of para-hydroxylation sites is 1. The Bertz CT molecular complexity index is 588. The Labute approximate surface area is 111 Å². The van der Waals surface area contributed by atoms with Gasteiger partial charge >= 0.3 is 0 Å². The second-order valence-electron chi connectivity index (χ2n) is 5.03. The van der Waals surface area contributed by atoms with E-state index in [-0.39, 0.29) is 11.9 Å². The largest absolute Gasteiger partial charge is 0.380 e. The molecule has 0 saturated heterocycles. The van der Waals surface area contributed by atoms with Gasteiger partial charge in [-0.15, -0.1) is 0 Å². The number of hydrogen-bond acceptors (Lipinski definition) is 3. The van der Waals surface area contributed by atoms with Crippen molar-refractivity contribution in [3.8, 4) is 0 Å². The lowest BCUT2D eigenvalue weighted by Crippen LogP contribution is -2.26. The minimum absolute atomic E-state index is 0.0719. The van der Waals surface area contributed by atoms with Crippen LogP contribution in [0.3, 0.4) is 0 Å². The predicted octanol–water partition coefficient (Wildman–Crippen LogP) is 2.03. The molecule has 1 saturated carbocycles. The Morgan fingerprint density at radius 1 is 1.53 bits per heavy atom. The van der Waals surface area contributed by atoms with Crippen molar-refractivity contribution < 1.29 is 9.13 Å². The predicted molar refractivity (Wildman–Crippen MR) is 71.5 cm³/mol. The maximum atomic E-state index is 13.8. The molecule has 19 heavy (non-hydrogen) atoms. The highest BCUT2D eigenvalue weighted by Crippen LogP contribution is 2.39. The topological polar surface area (TPSA) is 53.1 Å². The van der Waals surface area contributed by atoms with Gasteiger partial charge in [0.1, 0.15) is 11.3 Å². The highest BCUT2D eigenvalue weighted by atomic mass is 19.1. The zero-order valence-electron chi connectivity index (χ0n) is 11.0. The van der Waals surface area contributed by atoms with Gasteiger partial charge in [-0.1, -0.05) is 6.07 Å². The second-order valence-corrected chi connectivity index (χ2v) is 5.03. The minimum atomic E-state index is -0.264. The molecule has 3 rings (SSSR count). The molecular formula is C14H18FN3O. The van der Waals surface area contributed by atoms with E-state index >= 15 is 0 Å². The molecule has 2 N–H and O–H groups in total. The lowest BCUT2D eigenvalue weighted by molar-refractivity contribution is 0.107. The third-order valence-electron chi connectivity index (χ3n) is 3.66. The van der Waals surface area contributed by atoms with E-state index in [1.54, 1.807) is 13.2 Å². The lowest BCUT2D eigenvalue weighted by Gasteiger charge is -2.14. The zero-order valence-corrected chi connectivity index (χ0v) is 11.0. The average Bonchev–Trinajstić information content (AvgIpc) is 3.18. The Balaban J connectivity index is 2.07. The van der Waals surface area contributed by atoms with Gasteiger partial charge in [0.2, 0.25) is 0 Å². The van der Waals surface area contributed by atoms with Crippen molar-refractivity contribution in [1.29, 1.82) is 0 Å². The molecule has 1 heterocycles. The first-order valence-corrected chi connectivity index (χ1v) is 6.62. The van der Waals surface area contributed by atoms with Crippen LogP contribution in [0.25, 0.3) is 11.0 Å². The normalized spacial score (nSPS) is 17.0. The average molecular weight is 263 g/mol. The molecule has 1 aliphatic carbocycles. The fraction of sp³-hybridized carbons (Fsp3) is 0.500. The van der Waals surface area contributed by atoms with Crippen molar-refractivity contribution in [3.05, 3.63) is 29.8 Å². The van der Waals surface area contributed by atoms with Crippen LogP contribution in [0.2, 0.25) is 0 Å². The molecule has 0 amide bonds. The number of benzene rings is 1. The van der Waals surface area contributed by atoms with E-state index in [4.69, 9.17) is 10.5 Å². The number of imidazole rings is 1. The van der Waals surface area contributed by atoms with Crippen LogP contribution >= 0.6 is 0 Å². The number of aromatic nitrogens is 2. The molecule has 0 radical (unpaired) electrons. The Hall–Kier alpha value is -1.46. The molecule has 102 valence electrons. The number of methoxy groups -OCH3 is 1. The van der Waals surface area contributed by atoms with Crippen molar-refractivity contribution in [3.63, 3.8) is 0 Å². The summed E-state index contributed by atoms with van der Waals surface area (Å²) < 4.78 is 21.3.